The van der Waals surface area contributed by atoms with Gasteiger partial charge in [-0.05, 0) is 58.7 Å². The van der Waals surface area contributed by atoms with E-state index in [1.807, 2.05) is 0 Å². The Bertz CT molecular complexity index is 643. The first-order chi connectivity index (χ1) is 8.97. The first-order valence-electron chi connectivity index (χ1n) is 5.50. The smallest absolute Gasteiger partial charge is 0.255 e. The van der Waals surface area contributed by atoms with Gasteiger partial charge in [-0.2, -0.15) is 0 Å². The molecule has 0 aliphatic rings. The quantitative estimate of drug-likeness (QED) is 0.876. The average molecular weight is 326 g/mol. The Kier molecular flexibility index (Phi) is 3.95. The van der Waals surface area contributed by atoms with E-state index in [-0.39, 0.29) is 10.0 Å². The van der Waals surface area contributed by atoms with Crippen molar-refractivity contribution in [3.05, 3.63) is 63.6 Å². The van der Waals surface area contributed by atoms with Crippen LogP contribution in [0.2, 0.25) is 0 Å². The van der Waals surface area contributed by atoms with Gasteiger partial charge in [-0.3, -0.25) is 4.79 Å². The van der Waals surface area contributed by atoms with Gasteiger partial charge in [0.15, 0.2) is 0 Å². The number of halogens is 3. The number of carbonyl (C=O) groups excluding carboxylic acids is 1. The van der Waals surface area contributed by atoms with Crippen LogP contribution in [0.1, 0.15) is 15.9 Å². The minimum Gasteiger partial charge on any atom is -0.322 e. The summed E-state index contributed by atoms with van der Waals surface area (Å²) in [6.45, 7) is 1.63. The van der Waals surface area contributed by atoms with Gasteiger partial charge in [-0.25, -0.2) is 8.78 Å². The molecule has 0 aromatic heterocycles. The number of anilines is 1. The van der Waals surface area contributed by atoms with Gasteiger partial charge >= 0.3 is 0 Å². The summed E-state index contributed by atoms with van der Waals surface area (Å²) in [7, 11) is 0. The zero-order chi connectivity index (χ0) is 14.0. The largest absolute Gasteiger partial charge is 0.322 e. The fourth-order valence-corrected chi connectivity index (χ4v) is 1.76. The highest BCUT2D eigenvalue weighted by molar-refractivity contribution is 9.10. The normalized spacial score (nSPS) is 10.3. The van der Waals surface area contributed by atoms with Crippen LogP contribution in [0.3, 0.4) is 0 Å². The number of carbonyl (C=O) groups is 1. The van der Waals surface area contributed by atoms with E-state index >= 15 is 0 Å². The van der Waals surface area contributed by atoms with Gasteiger partial charge in [0, 0.05) is 11.3 Å². The molecule has 0 radical (unpaired) electrons. The standard InChI is InChI=1S/C14H10BrF2NO/c1-8-2-4-10(7-12(8)16)18-14(19)9-3-5-11(15)13(17)6-9/h2-7H,1H3,(H,18,19). The highest BCUT2D eigenvalue weighted by atomic mass is 79.9. The Morgan fingerprint density at radius 2 is 1.84 bits per heavy atom. The third kappa shape index (κ3) is 3.17. The highest BCUT2D eigenvalue weighted by Crippen LogP contribution is 2.18. The molecule has 2 aromatic rings. The van der Waals surface area contributed by atoms with Crippen molar-refractivity contribution < 1.29 is 13.6 Å². The molecule has 2 rings (SSSR count). The van der Waals surface area contributed by atoms with Crippen LogP contribution >= 0.6 is 15.9 Å². The number of hydrogen-bond acceptors (Lipinski definition) is 1. The number of aryl methyl sites for hydroxylation is 1. The van der Waals surface area contributed by atoms with Crippen molar-refractivity contribution in [2.45, 2.75) is 6.92 Å². The van der Waals surface area contributed by atoms with Crippen LogP contribution in [-0.4, -0.2) is 5.91 Å². The number of benzene rings is 2. The second-order valence-corrected chi connectivity index (χ2v) is 4.90. The van der Waals surface area contributed by atoms with E-state index in [9.17, 15) is 13.6 Å². The molecule has 2 nitrogen and oxygen atoms in total. The van der Waals surface area contributed by atoms with E-state index in [0.29, 0.717) is 11.3 Å². The van der Waals surface area contributed by atoms with Crippen molar-refractivity contribution in [3.8, 4) is 0 Å². The predicted octanol–water partition coefficient (Wildman–Crippen LogP) is 4.29. The van der Waals surface area contributed by atoms with E-state index in [4.69, 9.17) is 0 Å². The topological polar surface area (TPSA) is 29.1 Å². The number of hydrogen-bond donors (Lipinski definition) is 1. The average Bonchev–Trinajstić information content (AvgIpc) is 2.37. The van der Waals surface area contributed by atoms with Crippen LogP contribution in [0.5, 0.6) is 0 Å². The molecule has 2 aromatic carbocycles. The lowest BCUT2D eigenvalue weighted by molar-refractivity contribution is 0.102. The molecule has 0 atom stereocenters. The Morgan fingerprint density at radius 1 is 1.11 bits per heavy atom. The Hall–Kier alpha value is -1.75. The Balaban J connectivity index is 2.20. The minimum atomic E-state index is -0.525. The Labute approximate surface area is 117 Å². The van der Waals surface area contributed by atoms with Crippen molar-refractivity contribution in [2.24, 2.45) is 0 Å². The summed E-state index contributed by atoms with van der Waals surface area (Å²) in [6.07, 6.45) is 0. The van der Waals surface area contributed by atoms with Crippen molar-refractivity contribution in [1.29, 1.82) is 0 Å². The van der Waals surface area contributed by atoms with Crippen LogP contribution in [0.4, 0.5) is 14.5 Å². The lowest BCUT2D eigenvalue weighted by Gasteiger charge is -2.07. The van der Waals surface area contributed by atoms with Crippen LogP contribution < -0.4 is 5.32 Å². The first kappa shape index (κ1) is 13.7. The molecule has 0 aliphatic heterocycles. The molecule has 0 spiro atoms. The van der Waals surface area contributed by atoms with E-state index in [1.54, 1.807) is 19.1 Å². The summed E-state index contributed by atoms with van der Waals surface area (Å²) in [5.74, 6) is -1.42. The van der Waals surface area contributed by atoms with Crippen molar-refractivity contribution in [3.63, 3.8) is 0 Å². The van der Waals surface area contributed by atoms with Crippen LogP contribution in [0.15, 0.2) is 40.9 Å². The number of amides is 1. The fraction of sp³-hybridized carbons (Fsp3) is 0.0714. The maximum absolute atomic E-state index is 13.3. The molecule has 0 bridgehead atoms. The molecule has 0 saturated carbocycles. The third-order valence-corrected chi connectivity index (χ3v) is 3.25. The zero-order valence-corrected chi connectivity index (χ0v) is 11.6. The van der Waals surface area contributed by atoms with Crippen LogP contribution in [0, 0.1) is 18.6 Å². The number of nitrogens with one attached hydrogen (secondary N) is 1. The van der Waals surface area contributed by atoms with Crippen molar-refractivity contribution in [2.75, 3.05) is 5.32 Å². The molecule has 1 N–H and O–H groups in total. The van der Waals surface area contributed by atoms with E-state index in [1.165, 1.54) is 18.2 Å². The van der Waals surface area contributed by atoms with Crippen molar-refractivity contribution >= 4 is 27.5 Å². The lowest BCUT2D eigenvalue weighted by Crippen LogP contribution is -2.12. The maximum atomic E-state index is 13.3. The van der Waals surface area contributed by atoms with Crippen LogP contribution in [-0.2, 0) is 0 Å². The van der Waals surface area contributed by atoms with Gasteiger partial charge in [0.2, 0.25) is 0 Å². The summed E-state index contributed by atoms with van der Waals surface area (Å²) < 4.78 is 26.9. The monoisotopic (exact) mass is 325 g/mol. The third-order valence-electron chi connectivity index (χ3n) is 2.61. The minimum absolute atomic E-state index is 0.168. The molecule has 0 heterocycles. The molecular weight excluding hydrogens is 316 g/mol. The van der Waals surface area contributed by atoms with Gasteiger partial charge in [-0.1, -0.05) is 6.07 Å². The van der Waals surface area contributed by atoms with E-state index in [0.717, 1.165) is 6.07 Å². The van der Waals surface area contributed by atoms with E-state index < -0.39 is 17.5 Å². The molecule has 0 saturated heterocycles. The lowest BCUT2D eigenvalue weighted by atomic mass is 10.2. The maximum Gasteiger partial charge on any atom is 0.255 e. The molecule has 0 unspecified atom stereocenters. The van der Waals surface area contributed by atoms with Gasteiger partial charge in [0.25, 0.3) is 5.91 Å². The van der Waals surface area contributed by atoms with Gasteiger partial charge < -0.3 is 5.32 Å². The molecule has 5 heteroatoms. The molecule has 19 heavy (non-hydrogen) atoms. The van der Waals surface area contributed by atoms with E-state index in [2.05, 4.69) is 21.2 Å². The molecular formula is C14H10BrF2NO. The summed E-state index contributed by atoms with van der Waals surface area (Å²) >= 11 is 3.01. The van der Waals surface area contributed by atoms with Gasteiger partial charge in [-0.15, -0.1) is 0 Å². The summed E-state index contributed by atoms with van der Waals surface area (Å²) in [5.41, 5.74) is 0.991. The molecule has 1 amide bonds. The first-order valence-corrected chi connectivity index (χ1v) is 6.29. The highest BCUT2D eigenvalue weighted by Gasteiger charge is 2.09. The molecule has 98 valence electrons. The summed E-state index contributed by atoms with van der Waals surface area (Å²) in [6, 6.07) is 8.41. The van der Waals surface area contributed by atoms with Gasteiger partial charge in [0.05, 0.1) is 4.47 Å². The van der Waals surface area contributed by atoms with Gasteiger partial charge in [0.1, 0.15) is 11.6 Å². The molecule has 0 aliphatic carbocycles. The second kappa shape index (κ2) is 5.48. The van der Waals surface area contributed by atoms with Crippen molar-refractivity contribution in [1.82, 2.24) is 0 Å². The van der Waals surface area contributed by atoms with Crippen LogP contribution in [0.25, 0.3) is 0 Å². The Morgan fingerprint density at radius 3 is 2.47 bits per heavy atom. The summed E-state index contributed by atoms with van der Waals surface area (Å²) in [5, 5.41) is 2.51. The SMILES string of the molecule is Cc1ccc(NC(=O)c2ccc(Br)c(F)c2)cc1F. The molecule has 0 fully saturated rings. The predicted molar refractivity (Wildman–Crippen MR) is 73.2 cm³/mol. The second-order valence-electron chi connectivity index (χ2n) is 4.05. The zero-order valence-electron chi connectivity index (χ0n) is 10.0. The summed E-state index contributed by atoms with van der Waals surface area (Å²) in [4.78, 5) is 11.9. The number of rotatable bonds is 2. The fourth-order valence-electron chi connectivity index (χ4n) is 1.51.